The predicted molar refractivity (Wildman–Crippen MR) is 73.2 cm³/mol. The number of rotatable bonds is 3. The lowest BCUT2D eigenvalue weighted by atomic mass is 9.88. The number of halogens is 3. The predicted octanol–water partition coefficient (Wildman–Crippen LogP) is 2.69. The third-order valence-corrected chi connectivity index (χ3v) is 4.20. The van der Waals surface area contributed by atoms with Crippen LogP contribution in [0.1, 0.15) is 36.5 Å². The second-order valence-electron chi connectivity index (χ2n) is 5.41. The smallest absolute Gasteiger partial charge is 0.257 e. The summed E-state index contributed by atoms with van der Waals surface area (Å²) < 4.78 is 40.0. The number of nitrogens with zero attached hydrogens (tertiary/aromatic N) is 1. The number of hydrogen-bond acceptors (Lipinski definition) is 2. The maximum absolute atomic E-state index is 13.7. The highest BCUT2D eigenvalue weighted by Crippen LogP contribution is 2.27. The number of hydrogen-bond donors (Lipinski definition) is 1. The van der Waals surface area contributed by atoms with Crippen molar-refractivity contribution in [2.24, 2.45) is 11.7 Å². The van der Waals surface area contributed by atoms with Crippen LogP contribution in [0.3, 0.4) is 0 Å². The molecule has 1 heterocycles. The first kappa shape index (κ1) is 15.8. The Morgan fingerprint density at radius 2 is 2.05 bits per heavy atom. The third-order valence-electron chi connectivity index (χ3n) is 4.20. The lowest BCUT2D eigenvalue weighted by Gasteiger charge is -2.39. The van der Waals surface area contributed by atoms with Crippen LogP contribution in [0.5, 0.6) is 0 Å². The van der Waals surface area contributed by atoms with Gasteiger partial charge in [0.25, 0.3) is 5.91 Å². The van der Waals surface area contributed by atoms with Gasteiger partial charge < -0.3 is 10.6 Å². The summed E-state index contributed by atoms with van der Waals surface area (Å²) in [5.74, 6) is -4.50. The van der Waals surface area contributed by atoms with E-state index in [1.807, 2.05) is 0 Å². The van der Waals surface area contributed by atoms with Crippen LogP contribution < -0.4 is 5.73 Å². The quantitative estimate of drug-likeness (QED) is 0.872. The summed E-state index contributed by atoms with van der Waals surface area (Å²) in [5.41, 5.74) is 5.25. The van der Waals surface area contributed by atoms with Crippen molar-refractivity contribution in [3.63, 3.8) is 0 Å². The molecule has 1 amide bonds. The number of amides is 1. The monoisotopic (exact) mass is 300 g/mol. The summed E-state index contributed by atoms with van der Waals surface area (Å²) in [7, 11) is 0. The summed E-state index contributed by atoms with van der Waals surface area (Å²) in [6.07, 6.45) is 2.56. The number of carbonyl (C=O) groups is 1. The Morgan fingerprint density at radius 1 is 1.33 bits per heavy atom. The van der Waals surface area contributed by atoms with Crippen LogP contribution in [0, 0.1) is 23.4 Å². The largest absolute Gasteiger partial charge is 0.334 e. The number of carbonyl (C=O) groups excluding carboxylic acids is 1. The van der Waals surface area contributed by atoms with E-state index < -0.39 is 28.9 Å². The van der Waals surface area contributed by atoms with Crippen LogP contribution in [-0.2, 0) is 0 Å². The fraction of sp³-hybridized carbons (Fsp3) is 0.533. The molecule has 0 aromatic heterocycles. The number of nitrogens with two attached hydrogens (primary N) is 1. The molecule has 2 atom stereocenters. The topological polar surface area (TPSA) is 46.3 Å². The Balaban J connectivity index is 2.25. The zero-order valence-electron chi connectivity index (χ0n) is 11.9. The van der Waals surface area contributed by atoms with Crippen molar-refractivity contribution in [1.29, 1.82) is 0 Å². The van der Waals surface area contributed by atoms with Gasteiger partial charge >= 0.3 is 0 Å². The van der Waals surface area contributed by atoms with Crippen molar-refractivity contribution in [3.8, 4) is 0 Å². The molecule has 0 bridgehead atoms. The molecular formula is C15H19F3N2O. The first-order valence-corrected chi connectivity index (χ1v) is 7.14. The molecule has 3 nitrogen and oxygen atoms in total. The van der Waals surface area contributed by atoms with Gasteiger partial charge in [0.15, 0.2) is 17.5 Å². The molecule has 0 saturated carbocycles. The Hall–Kier alpha value is -1.56. The van der Waals surface area contributed by atoms with Crippen LogP contribution >= 0.6 is 0 Å². The first-order valence-electron chi connectivity index (χ1n) is 7.14. The molecule has 21 heavy (non-hydrogen) atoms. The second kappa shape index (κ2) is 6.47. The second-order valence-corrected chi connectivity index (χ2v) is 5.41. The molecule has 0 spiro atoms. The minimum atomic E-state index is -1.62. The lowest BCUT2D eigenvalue weighted by molar-refractivity contribution is 0.0552. The van der Waals surface area contributed by atoms with Crippen LogP contribution in [0.15, 0.2) is 12.1 Å². The summed E-state index contributed by atoms with van der Waals surface area (Å²) in [5, 5.41) is 0. The van der Waals surface area contributed by atoms with Gasteiger partial charge in [0.2, 0.25) is 0 Å². The summed E-state index contributed by atoms with van der Waals surface area (Å²) in [6, 6.07) is 1.56. The van der Waals surface area contributed by atoms with E-state index in [1.165, 1.54) is 4.90 Å². The van der Waals surface area contributed by atoms with Crippen LogP contribution in [0.25, 0.3) is 0 Å². The van der Waals surface area contributed by atoms with Crippen molar-refractivity contribution in [1.82, 2.24) is 4.90 Å². The minimum absolute atomic E-state index is 0.191. The van der Waals surface area contributed by atoms with Crippen LogP contribution in [0.4, 0.5) is 13.2 Å². The van der Waals surface area contributed by atoms with E-state index in [2.05, 4.69) is 6.92 Å². The third kappa shape index (κ3) is 3.05. The summed E-state index contributed by atoms with van der Waals surface area (Å²) in [4.78, 5) is 13.9. The average Bonchev–Trinajstić information content (AvgIpc) is 2.51. The van der Waals surface area contributed by atoms with Crippen molar-refractivity contribution >= 4 is 5.91 Å². The van der Waals surface area contributed by atoms with E-state index in [4.69, 9.17) is 5.73 Å². The van der Waals surface area contributed by atoms with Gasteiger partial charge in [-0.15, -0.1) is 0 Å². The molecule has 1 saturated heterocycles. The highest BCUT2D eigenvalue weighted by atomic mass is 19.2. The van der Waals surface area contributed by atoms with Gasteiger partial charge in [-0.05, 0) is 30.9 Å². The Bertz CT molecular complexity index is 536. The van der Waals surface area contributed by atoms with Gasteiger partial charge in [-0.25, -0.2) is 13.2 Å². The molecule has 1 fully saturated rings. The highest BCUT2D eigenvalue weighted by Gasteiger charge is 2.32. The summed E-state index contributed by atoms with van der Waals surface area (Å²) >= 11 is 0. The van der Waals surface area contributed by atoms with E-state index >= 15 is 0 Å². The van der Waals surface area contributed by atoms with Gasteiger partial charge in [0.05, 0.1) is 5.56 Å². The summed E-state index contributed by atoms with van der Waals surface area (Å²) in [6.45, 7) is 2.80. The Morgan fingerprint density at radius 3 is 2.67 bits per heavy atom. The van der Waals surface area contributed by atoms with E-state index in [1.54, 1.807) is 0 Å². The van der Waals surface area contributed by atoms with Crippen LogP contribution in [0.2, 0.25) is 0 Å². The molecule has 0 aliphatic carbocycles. The molecule has 116 valence electrons. The zero-order chi connectivity index (χ0) is 15.6. The Kier molecular flexibility index (Phi) is 4.88. The maximum Gasteiger partial charge on any atom is 0.257 e. The molecule has 2 rings (SSSR count). The normalized spacial score (nSPS) is 22.4. The minimum Gasteiger partial charge on any atom is -0.334 e. The number of likely N-dealkylation sites (tertiary alicyclic amines) is 1. The fourth-order valence-electron chi connectivity index (χ4n) is 2.84. The van der Waals surface area contributed by atoms with Gasteiger partial charge in [-0.1, -0.05) is 13.3 Å². The van der Waals surface area contributed by atoms with Gasteiger partial charge in [0, 0.05) is 19.1 Å². The molecule has 6 heteroatoms. The molecule has 1 aliphatic heterocycles. The van der Waals surface area contributed by atoms with E-state index in [0.29, 0.717) is 12.5 Å². The molecule has 2 unspecified atom stereocenters. The van der Waals surface area contributed by atoms with E-state index in [9.17, 15) is 18.0 Å². The maximum atomic E-state index is 13.7. The molecule has 1 aromatic carbocycles. The SMILES string of the molecule is CCC1CCN(C(=O)c2ccc(F)c(F)c2F)C(CN)C1. The van der Waals surface area contributed by atoms with Crippen molar-refractivity contribution < 1.29 is 18.0 Å². The Labute approximate surface area is 121 Å². The zero-order valence-corrected chi connectivity index (χ0v) is 11.9. The van der Waals surface area contributed by atoms with Crippen LogP contribution in [-0.4, -0.2) is 29.9 Å². The number of piperidine rings is 1. The fourth-order valence-corrected chi connectivity index (χ4v) is 2.84. The van der Waals surface area contributed by atoms with Gasteiger partial charge in [-0.2, -0.15) is 0 Å². The standard InChI is InChI=1S/C15H19F3N2O/c1-2-9-5-6-20(10(7-9)8-19)15(21)11-3-4-12(16)14(18)13(11)17/h3-4,9-10H,2,5-8,19H2,1H3. The average molecular weight is 300 g/mol. The van der Waals surface area contributed by atoms with Crippen molar-refractivity contribution in [2.45, 2.75) is 32.2 Å². The van der Waals surface area contributed by atoms with Crippen molar-refractivity contribution in [2.75, 3.05) is 13.1 Å². The lowest BCUT2D eigenvalue weighted by Crippen LogP contribution is -2.49. The molecule has 0 radical (unpaired) electrons. The molecule has 1 aromatic rings. The molecule has 1 aliphatic rings. The van der Waals surface area contributed by atoms with Gasteiger partial charge in [0.1, 0.15) is 0 Å². The van der Waals surface area contributed by atoms with Crippen molar-refractivity contribution in [3.05, 3.63) is 35.1 Å². The molecule has 2 N–H and O–H groups in total. The van der Waals surface area contributed by atoms with E-state index in [-0.39, 0.29) is 12.6 Å². The molecular weight excluding hydrogens is 281 g/mol. The van der Waals surface area contributed by atoms with E-state index in [0.717, 1.165) is 31.4 Å². The number of benzene rings is 1. The first-order chi connectivity index (χ1) is 9.99. The highest BCUT2D eigenvalue weighted by molar-refractivity contribution is 5.94. The van der Waals surface area contributed by atoms with Gasteiger partial charge in [-0.3, -0.25) is 4.79 Å².